The Morgan fingerprint density at radius 3 is 2.87 bits per heavy atom. The lowest BCUT2D eigenvalue weighted by Crippen LogP contribution is -2.15. The largest absolute Gasteiger partial charge is 0.385 e. The zero-order valence-electron chi connectivity index (χ0n) is 9.39. The van der Waals surface area contributed by atoms with Crippen molar-refractivity contribution in [3.8, 4) is 0 Å². The van der Waals surface area contributed by atoms with Gasteiger partial charge in [-0.25, -0.2) is 0 Å². The summed E-state index contributed by atoms with van der Waals surface area (Å²) in [5.74, 6) is 0.591. The van der Waals surface area contributed by atoms with Crippen LogP contribution in [0.15, 0.2) is 18.2 Å². The van der Waals surface area contributed by atoms with Crippen LogP contribution in [0.2, 0.25) is 5.02 Å². The molecule has 1 atom stereocenters. The lowest BCUT2D eigenvalue weighted by atomic mass is 10.1. The highest BCUT2D eigenvalue weighted by molar-refractivity contribution is 6.31. The molecule has 0 amide bonds. The van der Waals surface area contributed by atoms with E-state index < -0.39 is 0 Å². The Hall–Kier alpha value is -0.730. The second-order valence-corrected chi connectivity index (χ2v) is 4.38. The highest BCUT2D eigenvalue weighted by Crippen LogP contribution is 2.23. The summed E-state index contributed by atoms with van der Waals surface area (Å²) in [5.41, 5.74) is 7.73. The van der Waals surface area contributed by atoms with Crippen LogP contribution in [0.5, 0.6) is 0 Å². The van der Waals surface area contributed by atoms with Gasteiger partial charge in [-0.1, -0.05) is 24.6 Å². The summed E-state index contributed by atoms with van der Waals surface area (Å²) >= 11 is 6.03. The first-order valence-electron chi connectivity index (χ1n) is 5.34. The van der Waals surface area contributed by atoms with Crippen LogP contribution in [0.4, 0.5) is 5.69 Å². The zero-order valence-corrected chi connectivity index (χ0v) is 10.1. The maximum Gasteiger partial charge on any atom is 0.0455 e. The maximum absolute atomic E-state index is 6.03. The summed E-state index contributed by atoms with van der Waals surface area (Å²) in [6.07, 6.45) is 1.05. The van der Waals surface area contributed by atoms with Crippen molar-refractivity contribution in [3.63, 3.8) is 0 Å². The minimum absolute atomic E-state index is 0.591. The molecule has 0 heterocycles. The average Bonchev–Trinajstić information content (AvgIpc) is 2.21. The molecule has 1 aromatic rings. The van der Waals surface area contributed by atoms with Crippen LogP contribution in [-0.2, 0) is 0 Å². The van der Waals surface area contributed by atoms with Crippen LogP contribution in [0.3, 0.4) is 0 Å². The minimum Gasteiger partial charge on any atom is -0.385 e. The molecule has 84 valence electrons. The van der Waals surface area contributed by atoms with Crippen LogP contribution < -0.4 is 11.1 Å². The van der Waals surface area contributed by atoms with Crippen LogP contribution in [0, 0.1) is 12.8 Å². The van der Waals surface area contributed by atoms with Gasteiger partial charge in [-0.05, 0) is 43.5 Å². The lowest BCUT2D eigenvalue weighted by molar-refractivity contribution is 0.568. The molecule has 3 heteroatoms. The van der Waals surface area contributed by atoms with E-state index in [0.29, 0.717) is 5.92 Å². The summed E-state index contributed by atoms with van der Waals surface area (Å²) in [6, 6.07) is 5.92. The van der Waals surface area contributed by atoms with Gasteiger partial charge in [0, 0.05) is 17.3 Å². The number of hydrogen-bond acceptors (Lipinski definition) is 2. The van der Waals surface area contributed by atoms with Crippen molar-refractivity contribution < 1.29 is 0 Å². The molecule has 0 aromatic heterocycles. The van der Waals surface area contributed by atoms with E-state index in [1.807, 2.05) is 19.1 Å². The predicted molar refractivity (Wildman–Crippen MR) is 67.5 cm³/mol. The second kappa shape index (κ2) is 5.99. The van der Waals surface area contributed by atoms with Gasteiger partial charge >= 0.3 is 0 Å². The molecule has 0 radical (unpaired) electrons. The van der Waals surface area contributed by atoms with Crippen LogP contribution in [0.25, 0.3) is 0 Å². The Bertz CT molecular complexity index is 312. The van der Waals surface area contributed by atoms with Crippen molar-refractivity contribution in [2.75, 3.05) is 18.4 Å². The van der Waals surface area contributed by atoms with Crippen molar-refractivity contribution in [1.29, 1.82) is 0 Å². The Kier molecular flexibility index (Phi) is 4.92. The average molecular weight is 227 g/mol. The molecule has 1 unspecified atom stereocenters. The summed E-state index contributed by atoms with van der Waals surface area (Å²) in [5, 5.41) is 4.21. The van der Waals surface area contributed by atoms with Gasteiger partial charge in [0.15, 0.2) is 0 Å². The van der Waals surface area contributed by atoms with E-state index >= 15 is 0 Å². The first-order valence-corrected chi connectivity index (χ1v) is 5.72. The van der Waals surface area contributed by atoms with Crippen molar-refractivity contribution in [3.05, 3.63) is 28.8 Å². The Balaban J connectivity index is 2.54. The fourth-order valence-electron chi connectivity index (χ4n) is 1.47. The van der Waals surface area contributed by atoms with E-state index in [4.69, 9.17) is 17.3 Å². The van der Waals surface area contributed by atoms with Crippen LogP contribution >= 0.6 is 11.6 Å². The number of hydrogen-bond donors (Lipinski definition) is 2. The molecule has 0 spiro atoms. The van der Waals surface area contributed by atoms with E-state index in [9.17, 15) is 0 Å². The van der Waals surface area contributed by atoms with Crippen molar-refractivity contribution in [2.24, 2.45) is 11.7 Å². The monoisotopic (exact) mass is 226 g/mol. The van der Waals surface area contributed by atoms with Crippen LogP contribution in [0.1, 0.15) is 18.9 Å². The summed E-state index contributed by atoms with van der Waals surface area (Å²) in [7, 11) is 0. The second-order valence-electron chi connectivity index (χ2n) is 3.98. The Labute approximate surface area is 96.8 Å². The molecule has 0 saturated heterocycles. The number of nitrogens with one attached hydrogen (secondary N) is 1. The summed E-state index contributed by atoms with van der Waals surface area (Å²) in [4.78, 5) is 0. The third kappa shape index (κ3) is 3.73. The Morgan fingerprint density at radius 1 is 1.47 bits per heavy atom. The molecule has 1 rings (SSSR count). The molecule has 2 nitrogen and oxygen atoms in total. The standard InChI is InChI=1S/C12H19ClN2/c1-9(6-7-14)8-15-12-5-3-4-11(13)10(12)2/h3-5,9,15H,6-8,14H2,1-2H3. The molecule has 3 N–H and O–H groups in total. The smallest absolute Gasteiger partial charge is 0.0455 e. The van der Waals surface area contributed by atoms with Gasteiger partial charge in [-0.3, -0.25) is 0 Å². The van der Waals surface area contributed by atoms with E-state index in [2.05, 4.69) is 18.3 Å². The molecule has 15 heavy (non-hydrogen) atoms. The molecular weight excluding hydrogens is 208 g/mol. The zero-order chi connectivity index (χ0) is 11.3. The topological polar surface area (TPSA) is 38.0 Å². The first kappa shape index (κ1) is 12.3. The van der Waals surface area contributed by atoms with E-state index in [1.54, 1.807) is 0 Å². The van der Waals surface area contributed by atoms with Gasteiger partial charge in [-0.15, -0.1) is 0 Å². The number of anilines is 1. The van der Waals surface area contributed by atoms with Gasteiger partial charge in [0.25, 0.3) is 0 Å². The van der Waals surface area contributed by atoms with Gasteiger partial charge in [0.05, 0.1) is 0 Å². The highest BCUT2D eigenvalue weighted by atomic mass is 35.5. The normalized spacial score (nSPS) is 12.5. The number of nitrogens with two attached hydrogens (primary N) is 1. The van der Waals surface area contributed by atoms with Gasteiger partial charge in [-0.2, -0.15) is 0 Å². The molecule has 0 aliphatic rings. The predicted octanol–water partition coefficient (Wildman–Crippen LogP) is 3.05. The number of rotatable bonds is 5. The minimum atomic E-state index is 0.591. The molecule has 0 fully saturated rings. The van der Waals surface area contributed by atoms with E-state index in [0.717, 1.165) is 35.8 Å². The first-order chi connectivity index (χ1) is 7.15. The lowest BCUT2D eigenvalue weighted by Gasteiger charge is -2.14. The van der Waals surface area contributed by atoms with Crippen molar-refractivity contribution >= 4 is 17.3 Å². The van der Waals surface area contributed by atoms with Crippen molar-refractivity contribution in [1.82, 2.24) is 0 Å². The third-order valence-corrected chi connectivity index (χ3v) is 2.98. The number of benzene rings is 1. The van der Waals surface area contributed by atoms with Gasteiger partial charge in [0.2, 0.25) is 0 Å². The number of halogens is 1. The van der Waals surface area contributed by atoms with Crippen molar-refractivity contribution in [2.45, 2.75) is 20.3 Å². The fraction of sp³-hybridized carbons (Fsp3) is 0.500. The SMILES string of the molecule is Cc1c(Cl)cccc1NCC(C)CCN. The van der Waals surface area contributed by atoms with E-state index in [1.165, 1.54) is 0 Å². The maximum atomic E-state index is 6.03. The highest BCUT2D eigenvalue weighted by Gasteiger charge is 2.04. The van der Waals surface area contributed by atoms with E-state index in [-0.39, 0.29) is 0 Å². The quantitative estimate of drug-likeness (QED) is 0.810. The molecular formula is C12H19ClN2. The van der Waals surface area contributed by atoms with Crippen LogP contribution in [-0.4, -0.2) is 13.1 Å². The fourth-order valence-corrected chi connectivity index (χ4v) is 1.64. The van der Waals surface area contributed by atoms with Gasteiger partial charge < -0.3 is 11.1 Å². The molecule has 0 bridgehead atoms. The summed E-state index contributed by atoms with van der Waals surface area (Å²) in [6.45, 7) is 5.91. The molecule has 1 aromatic carbocycles. The molecule has 0 aliphatic carbocycles. The Morgan fingerprint density at radius 2 is 2.20 bits per heavy atom. The molecule has 0 saturated carbocycles. The van der Waals surface area contributed by atoms with Gasteiger partial charge in [0.1, 0.15) is 0 Å². The summed E-state index contributed by atoms with van der Waals surface area (Å²) < 4.78 is 0. The molecule has 0 aliphatic heterocycles. The third-order valence-electron chi connectivity index (χ3n) is 2.57.